The molecule has 1 aliphatic heterocycles. The fraction of sp³-hybridized carbons (Fsp3) is 0.160. The van der Waals surface area contributed by atoms with Gasteiger partial charge in [-0.2, -0.15) is 4.98 Å². The van der Waals surface area contributed by atoms with Gasteiger partial charge in [0.2, 0.25) is 17.0 Å². The molecule has 0 aliphatic carbocycles. The number of aromatic nitrogens is 4. The normalized spacial score (nSPS) is 17.1. The summed E-state index contributed by atoms with van der Waals surface area (Å²) in [5.74, 6) is -0.272. The molecule has 0 saturated heterocycles. The number of carbonyl (C=O) groups is 1. The van der Waals surface area contributed by atoms with Gasteiger partial charge in [0, 0.05) is 17.7 Å². The number of hydrogen-bond acceptors (Lipinski definition) is 6. The first-order valence-electron chi connectivity index (χ1n) is 10.7. The number of aliphatic imine (C=N–C) groups is 1. The van der Waals surface area contributed by atoms with Gasteiger partial charge in [-0.05, 0) is 42.3 Å². The molecule has 1 amide bonds. The summed E-state index contributed by atoms with van der Waals surface area (Å²) in [6, 6.07) is 19.2. The zero-order chi connectivity index (χ0) is 23.5. The number of hydrogen-bond donors (Lipinski definition) is 1. The number of nitrogens with zero attached hydrogens (tertiary/aromatic N) is 5. The second-order valence-corrected chi connectivity index (χ2v) is 8.82. The third kappa shape index (κ3) is 4.60. The highest BCUT2D eigenvalue weighted by Gasteiger charge is 2.39. The molecule has 2 aromatic heterocycles. The Morgan fingerprint density at radius 2 is 1.97 bits per heavy atom. The lowest BCUT2D eigenvalue weighted by molar-refractivity contribution is -0.118. The molecule has 9 heteroatoms. The molecule has 0 saturated carbocycles. The predicted octanol–water partition coefficient (Wildman–Crippen LogP) is 5.05. The number of pyridine rings is 1. The van der Waals surface area contributed by atoms with Crippen molar-refractivity contribution in [2.24, 2.45) is 10.9 Å². The fourth-order valence-electron chi connectivity index (χ4n) is 3.95. The highest BCUT2D eigenvalue weighted by Crippen LogP contribution is 2.37. The lowest BCUT2D eigenvalue weighted by Crippen LogP contribution is -2.39. The van der Waals surface area contributed by atoms with Crippen LogP contribution in [0.15, 0.2) is 89.3 Å². The molecule has 0 spiro atoms. The van der Waals surface area contributed by atoms with Crippen LogP contribution < -0.4 is 5.32 Å². The number of nitrogens with one attached hydrogen (secondary N) is 1. The van der Waals surface area contributed by atoms with Gasteiger partial charge in [0.1, 0.15) is 11.7 Å². The van der Waals surface area contributed by atoms with Crippen molar-refractivity contribution in [3.8, 4) is 0 Å². The molecule has 0 fully saturated rings. The number of carbonyl (C=O) groups excluding carboxylic acids is 1. The van der Waals surface area contributed by atoms with E-state index in [1.165, 1.54) is 23.9 Å². The molecule has 34 heavy (non-hydrogen) atoms. The summed E-state index contributed by atoms with van der Waals surface area (Å²) in [7, 11) is 0. The van der Waals surface area contributed by atoms with Crippen LogP contribution in [-0.2, 0) is 10.5 Å². The SMILES string of the molecule is CC1=Nc2nc(SCc3ccccc3)nn2C(c2cccc(F)c2)C1C(=O)Nc1cccnc1. The van der Waals surface area contributed by atoms with Gasteiger partial charge in [0.05, 0.1) is 17.9 Å². The van der Waals surface area contributed by atoms with Crippen molar-refractivity contribution in [3.63, 3.8) is 0 Å². The highest BCUT2D eigenvalue weighted by atomic mass is 32.2. The van der Waals surface area contributed by atoms with E-state index in [1.54, 1.807) is 48.3 Å². The second kappa shape index (κ2) is 9.56. The first-order chi connectivity index (χ1) is 16.6. The number of halogens is 1. The zero-order valence-corrected chi connectivity index (χ0v) is 19.1. The molecule has 5 rings (SSSR count). The zero-order valence-electron chi connectivity index (χ0n) is 18.3. The lowest BCUT2D eigenvalue weighted by atomic mass is 9.87. The third-order valence-corrected chi connectivity index (χ3v) is 6.42. The Morgan fingerprint density at radius 1 is 1.12 bits per heavy atom. The van der Waals surface area contributed by atoms with E-state index in [2.05, 4.69) is 25.4 Å². The van der Waals surface area contributed by atoms with Crippen LogP contribution in [0.25, 0.3) is 0 Å². The molecule has 0 radical (unpaired) electrons. The van der Waals surface area contributed by atoms with E-state index in [-0.39, 0.29) is 11.7 Å². The molecule has 2 unspecified atom stereocenters. The number of fused-ring (bicyclic) bond motifs is 1. The number of anilines is 1. The van der Waals surface area contributed by atoms with Crippen molar-refractivity contribution in [2.45, 2.75) is 23.9 Å². The van der Waals surface area contributed by atoms with Gasteiger partial charge in [-0.25, -0.2) is 14.1 Å². The summed E-state index contributed by atoms with van der Waals surface area (Å²) in [4.78, 5) is 26.6. The molecule has 170 valence electrons. The van der Waals surface area contributed by atoms with Gasteiger partial charge in [-0.3, -0.25) is 9.78 Å². The maximum absolute atomic E-state index is 14.2. The maximum atomic E-state index is 14.2. The van der Waals surface area contributed by atoms with Crippen LogP contribution in [0.2, 0.25) is 0 Å². The number of amides is 1. The molecule has 2 aromatic carbocycles. The van der Waals surface area contributed by atoms with E-state index in [1.807, 2.05) is 30.3 Å². The van der Waals surface area contributed by atoms with E-state index in [4.69, 9.17) is 0 Å². The van der Waals surface area contributed by atoms with Crippen molar-refractivity contribution in [2.75, 3.05) is 5.32 Å². The molecule has 2 atom stereocenters. The van der Waals surface area contributed by atoms with Crippen LogP contribution in [0, 0.1) is 11.7 Å². The molecule has 3 heterocycles. The van der Waals surface area contributed by atoms with Gasteiger partial charge in [-0.1, -0.05) is 54.2 Å². The van der Waals surface area contributed by atoms with E-state index in [0.29, 0.717) is 33.8 Å². The standard InChI is InChI=1S/C25H21FN6OS/c1-16-21(23(33)29-20-11-6-12-27-14-20)22(18-9-5-10-19(26)13-18)32-24(28-16)30-25(31-32)34-15-17-7-3-2-4-8-17/h2-14,21-22H,15H2,1H3,(H,29,33). The van der Waals surface area contributed by atoms with Gasteiger partial charge in [-0.15, -0.1) is 5.10 Å². The van der Waals surface area contributed by atoms with Crippen LogP contribution in [0.1, 0.15) is 24.1 Å². The summed E-state index contributed by atoms with van der Waals surface area (Å²) >= 11 is 1.49. The van der Waals surface area contributed by atoms with Crippen LogP contribution in [0.5, 0.6) is 0 Å². The minimum atomic E-state index is -0.705. The quantitative estimate of drug-likeness (QED) is 0.397. The predicted molar refractivity (Wildman–Crippen MR) is 130 cm³/mol. The Hall–Kier alpha value is -3.85. The van der Waals surface area contributed by atoms with Crippen molar-refractivity contribution in [1.82, 2.24) is 19.7 Å². The Labute approximate surface area is 200 Å². The van der Waals surface area contributed by atoms with Crippen molar-refractivity contribution in [3.05, 3.63) is 96.1 Å². The molecular weight excluding hydrogens is 451 g/mol. The first kappa shape index (κ1) is 22.0. The highest BCUT2D eigenvalue weighted by molar-refractivity contribution is 7.98. The number of thioether (sulfide) groups is 1. The third-order valence-electron chi connectivity index (χ3n) is 5.51. The van der Waals surface area contributed by atoms with Crippen molar-refractivity contribution < 1.29 is 9.18 Å². The average molecular weight is 473 g/mol. The van der Waals surface area contributed by atoms with E-state index in [0.717, 1.165) is 5.56 Å². The summed E-state index contributed by atoms with van der Waals surface area (Å²) < 4.78 is 15.8. The largest absolute Gasteiger partial charge is 0.324 e. The summed E-state index contributed by atoms with van der Waals surface area (Å²) in [6.45, 7) is 1.79. The number of rotatable bonds is 6. The van der Waals surface area contributed by atoms with Crippen molar-refractivity contribution >= 4 is 35.0 Å². The van der Waals surface area contributed by atoms with Crippen LogP contribution in [0.4, 0.5) is 16.0 Å². The molecule has 0 bridgehead atoms. The first-order valence-corrected chi connectivity index (χ1v) is 11.7. The average Bonchev–Trinajstić information content (AvgIpc) is 3.25. The molecular formula is C25H21FN6OS. The Balaban J connectivity index is 1.50. The Morgan fingerprint density at radius 3 is 2.74 bits per heavy atom. The monoisotopic (exact) mass is 472 g/mol. The second-order valence-electron chi connectivity index (χ2n) is 7.87. The summed E-state index contributed by atoms with van der Waals surface area (Å²) in [6.07, 6.45) is 3.21. The van der Waals surface area contributed by atoms with Gasteiger partial charge in [0.25, 0.3) is 0 Å². The molecule has 4 aromatic rings. The van der Waals surface area contributed by atoms with Gasteiger partial charge < -0.3 is 5.32 Å². The lowest BCUT2D eigenvalue weighted by Gasteiger charge is -2.30. The molecule has 1 aliphatic rings. The van der Waals surface area contributed by atoms with E-state index >= 15 is 0 Å². The van der Waals surface area contributed by atoms with Gasteiger partial charge >= 0.3 is 0 Å². The smallest absolute Gasteiger partial charge is 0.249 e. The Bertz CT molecular complexity index is 1340. The maximum Gasteiger partial charge on any atom is 0.249 e. The minimum absolute atomic E-state index is 0.275. The van der Waals surface area contributed by atoms with E-state index in [9.17, 15) is 9.18 Å². The van der Waals surface area contributed by atoms with Crippen LogP contribution in [-0.4, -0.2) is 31.4 Å². The molecule has 7 nitrogen and oxygen atoms in total. The van der Waals surface area contributed by atoms with E-state index < -0.39 is 12.0 Å². The summed E-state index contributed by atoms with van der Waals surface area (Å²) in [5.41, 5.74) is 2.92. The Kier molecular flexibility index (Phi) is 6.18. The molecule has 1 N–H and O–H groups in total. The minimum Gasteiger partial charge on any atom is -0.324 e. The number of benzene rings is 2. The van der Waals surface area contributed by atoms with Gasteiger partial charge in [0.15, 0.2) is 0 Å². The van der Waals surface area contributed by atoms with Crippen molar-refractivity contribution in [1.29, 1.82) is 0 Å². The summed E-state index contributed by atoms with van der Waals surface area (Å²) in [5, 5.41) is 8.12. The van der Waals surface area contributed by atoms with Crippen LogP contribution >= 0.6 is 11.8 Å². The fourth-order valence-corrected chi connectivity index (χ4v) is 4.73. The topological polar surface area (TPSA) is 85.1 Å². The van der Waals surface area contributed by atoms with Crippen LogP contribution in [0.3, 0.4) is 0 Å².